The fraction of sp³-hybridized carbons (Fsp3) is 0.263. The normalized spacial score (nSPS) is 14.3. The summed E-state index contributed by atoms with van der Waals surface area (Å²) in [6.45, 7) is 2.36. The Morgan fingerprint density at radius 1 is 1.15 bits per heavy atom. The van der Waals surface area contributed by atoms with Crippen LogP contribution in [-0.2, 0) is 20.8 Å². The van der Waals surface area contributed by atoms with Crippen LogP contribution in [0.1, 0.15) is 12.5 Å². The van der Waals surface area contributed by atoms with Crippen molar-refractivity contribution in [3.63, 3.8) is 0 Å². The third-order valence-corrected chi connectivity index (χ3v) is 4.20. The van der Waals surface area contributed by atoms with Crippen LogP contribution >= 0.6 is 0 Å². The van der Waals surface area contributed by atoms with Gasteiger partial charge in [0.2, 0.25) is 17.7 Å². The van der Waals surface area contributed by atoms with Crippen LogP contribution in [0.4, 0.5) is 11.4 Å². The van der Waals surface area contributed by atoms with Crippen LogP contribution in [0.3, 0.4) is 0 Å². The molecule has 0 spiro atoms. The van der Waals surface area contributed by atoms with Gasteiger partial charge in [-0.2, -0.15) is 0 Å². The van der Waals surface area contributed by atoms with Crippen molar-refractivity contribution in [2.45, 2.75) is 13.3 Å². The summed E-state index contributed by atoms with van der Waals surface area (Å²) in [7, 11) is 0. The third-order valence-electron chi connectivity index (χ3n) is 4.20. The molecule has 3 rings (SSSR count). The number of nitrogens with zero attached hydrogens (tertiary/aromatic N) is 3. The van der Waals surface area contributed by atoms with Crippen LogP contribution in [0.15, 0.2) is 48.8 Å². The van der Waals surface area contributed by atoms with Crippen LogP contribution in [0, 0.1) is 0 Å². The van der Waals surface area contributed by atoms with E-state index in [9.17, 15) is 14.4 Å². The number of rotatable bonds is 4. The first kappa shape index (κ1) is 17.6. The molecule has 0 aliphatic carbocycles. The highest BCUT2D eigenvalue weighted by Gasteiger charge is 2.28. The predicted octanol–water partition coefficient (Wildman–Crippen LogP) is 1.46. The lowest BCUT2D eigenvalue weighted by Gasteiger charge is -2.34. The molecule has 1 aromatic heterocycles. The fourth-order valence-corrected chi connectivity index (χ4v) is 2.93. The molecule has 1 saturated heterocycles. The van der Waals surface area contributed by atoms with E-state index in [0.717, 1.165) is 11.3 Å². The van der Waals surface area contributed by atoms with Crippen LogP contribution in [0.5, 0.6) is 0 Å². The van der Waals surface area contributed by atoms with E-state index < -0.39 is 0 Å². The number of amides is 3. The number of carbonyl (C=O) groups is 3. The van der Waals surface area contributed by atoms with Gasteiger partial charge in [-0.05, 0) is 23.8 Å². The molecular weight excluding hydrogens is 332 g/mol. The minimum Gasteiger partial charge on any atom is -0.331 e. The van der Waals surface area contributed by atoms with Gasteiger partial charge < -0.3 is 15.1 Å². The highest BCUT2D eigenvalue weighted by molar-refractivity contribution is 5.98. The first-order chi connectivity index (χ1) is 12.5. The lowest BCUT2D eigenvalue weighted by Crippen LogP contribution is -2.52. The molecule has 0 bridgehead atoms. The fourth-order valence-electron chi connectivity index (χ4n) is 2.93. The van der Waals surface area contributed by atoms with Crippen LogP contribution in [-0.4, -0.2) is 47.2 Å². The van der Waals surface area contributed by atoms with Crippen LogP contribution in [0.25, 0.3) is 0 Å². The molecule has 0 unspecified atom stereocenters. The zero-order chi connectivity index (χ0) is 18.5. The van der Waals surface area contributed by atoms with Gasteiger partial charge in [-0.1, -0.05) is 18.2 Å². The summed E-state index contributed by atoms with van der Waals surface area (Å²) in [5.41, 5.74) is 2.09. The van der Waals surface area contributed by atoms with Gasteiger partial charge in [-0.15, -0.1) is 0 Å². The van der Waals surface area contributed by atoms with E-state index in [1.54, 1.807) is 46.5 Å². The van der Waals surface area contributed by atoms with Crippen molar-refractivity contribution in [2.24, 2.45) is 0 Å². The average molecular weight is 352 g/mol. The molecular formula is C19H20N4O3. The minimum absolute atomic E-state index is 0.0377. The van der Waals surface area contributed by atoms with Gasteiger partial charge >= 0.3 is 0 Å². The van der Waals surface area contributed by atoms with E-state index in [1.807, 2.05) is 12.1 Å². The van der Waals surface area contributed by atoms with E-state index in [0.29, 0.717) is 18.8 Å². The van der Waals surface area contributed by atoms with Gasteiger partial charge in [0, 0.05) is 31.9 Å². The second kappa shape index (κ2) is 7.77. The Balaban J connectivity index is 1.66. The number of hydrogen-bond acceptors (Lipinski definition) is 4. The second-order valence-corrected chi connectivity index (χ2v) is 6.09. The molecule has 1 aliphatic rings. The molecule has 2 heterocycles. The molecule has 0 radical (unpaired) electrons. The van der Waals surface area contributed by atoms with Crippen molar-refractivity contribution in [3.05, 3.63) is 54.4 Å². The molecule has 2 aromatic rings. The lowest BCUT2D eigenvalue weighted by molar-refractivity contribution is -0.136. The number of carbonyl (C=O) groups excluding carboxylic acids is 3. The molecule has 1 aromatic carbocycles. The highest BCUT2D eigenvalue weighted by Crippen LogP contribution is 2.19. The maximum absolute atomic E-state index is 12.6. The van der Waals surface area contributed by atoms with Gasteiger partial charge in [0.1, 0.15) is 6.54 Å². The van der Waals surface area contributed by atoms with Crippen molar-refractivity contribution >= 4 is 29.1 Å². The number of aromatic nitrogens is 1. The molecule has 7 heteroatoms. The quantitative estimate of drug-likeness (QED) is 0.903. The Labute approximate surface area is 151 Å². The van der Waals surface area contributed by atoms with Gasteiger partial charge in [-0.3, -0.25) is 19.4 Å². The topological polar surface area (TPSA) is 82.6 Å². The molecule has 26 heavy (non-hydrogen) atoms. The molecule has 0 atom stereocenters. The maximum Gasteiger partial charge on any atom is 0.246 e. The molecule has 1 fully saturated rings. The van der Waals surface area contributed by atoms with E-state index >= 15 is 0 Å². The Hall–Kier alpha value is -3.22. The molecule has 134 valence electrons. The van der Waals surface area contributed by atoms with E-state index in [1.165, 1.54) is 6.92 Å². The summed E-state index contributed by atoms with van der Waals surface area (Å²) in [6, 6.07) is 10.8. The summed E-state index contributed by atoms with van der Waals surface area (Å²) in [4.78, 5) is 43.6. The summed E-state index contributed by atoms with van der Waals surface area (Å²) in [5.74, 6) is -0.458. The molecule has 0 saturated carbocycles. The first-order valence-corrected chi connectivity index (χ1v) is 8.38. The Morgan fingerprint density at radius 2 is 1.96 bits per heavy atom. The zero-order valence-electron chi connectivity index (χ0n) is 14.5. The third kappa shape index (κ3) is 4.05. The number of benzene rings is 1. The van der Waals surface area contributed by atoms with Crippen molar-refractivity contribution in [3.8, 4) is 0 Å². The number of piperazine rings is 1. The average Bonchev–Trinajstić information content (AvgIpc) is 2.63. The van der Waals surface area contributed by atoms with Crippen molar-refractivity contribution < 1.29 is 14.4 Å². The Morgan fingerprint density at radius 3 is 2.65 bits per heavy atom. The standard InChI is InChI=1S/C19H20N4O3/c1-14(24)21-17-7-3-2-5-15(17)11-18(25)22-9-10-23(19(26)13-22)16-6-4-8-20-12-16/h2-8,12H,9-11,13H2,1H3,(H,21,24). The van der Waals surface area contributed by atoms with Crippen molar-refractivity contribution in [1.29, 1.82) is 0 Å². The Bertz CT molecular complexity index is 823. The van der Waals surface area contributed by atoms with Gasteiger partial charge in [-0.25, -0.2) is 0 Å². The van der Waals surface area contributed by atoms with Gasteiger partial charge in [0.05, 0.1) is 18.3 Å². The Kier molecular flexibility index (Phi) is 5.26. The number of pyridine rings is 1. The van der Waals surface area contributed by atoms with E-state index in [2.05, 4.69) is 10.3 Å². The molecule has 1 aliphatic heterocycles. The maximum atomic E-state index is 12.6. The van der Waals surface area contributed by atoms with E-state index in [4.69, 9.17) is 0 Å². The summed E-state index contributed by atoms with van der Waals surface area (Å²) in [5, 5.41) is 2.73. The molecule has 3 amide bonds. The second-order valence-electron chi connectivity index (χ2n) is 6.09. The first-order valence-electron chi connectivity index (χ1n) is 8.38. The van der Waals surface area contributed by atoms with Crippen LogP contribution in [0.2, 0.25) is 0 Å². The van der Waals surface area contributed by atoms with Gasteiger partial charge in [0.15, 0.2) is 0 Å². The largest absolute Gasteiger partial charge is 0.331 e. The summed E-state index contributed by atoms with van der Waals surface area (Å²) >= 11 is 0. The number of nitrogens with one attached hydrogen (secondary N) is 1. The minimum atomic E-state index is -0.190. The summed E-state index contributed by atoms with van der Waals surface area (Å²) < 4.78 is 0. The monoisotopic (exact) mass is 352 g/mol. The van der Waals surface area contributed by atoms with Crippen molar-refractivity contribution in [1.82, 2.24) is 9.88 Å². The number of hydrogen-bond donors (Lipinski definition) is 1. The van der Waals surface area contributed by atoms with Crippen molar-refractivity contribution in [2.75, 3.05) is 29.9 Å². The SMILES string of the molecule is CC(=O)Nc1ccccc1CC(=O)N1CCN(c2cccnc2)C(=O)C1. The molecule has 7 nitrogen and oxygen atoms in total. The zero-order valence-corrected chi connectivity index (χ0v) is 14.5. The van der Waals surface area contributed by atoms with Crippen LogP contribution < -0.4 is 10.2 Å². The number of para-hydroxylation sites is 1. The highest BCUT2D eigenvalue weighted by atomic mass is 16.2. The molecule has 1 N–H and O–H groups in total. The van der Waals surface area contributed by atoms with Gasteiger partial charge in [0.25, 0.3) is 0 Å². The van der Waals surface area contributed by atoms with E-state index in [-0.39, 0.29) is 30.7 Å². The lowest BCUT2D eigenvalue weighted by atomic mass is 10.1. The summed E-state index contributed by atoms with van der Waals surface area (Å²) in [6.07, 6.45) is 3.43. The smallest absolute Gasteiger partial charge is 0.246 e. The predicted molar refractivity (Wildman–Crippen MR) is 97.6 cm³/mol. The number of anilines is 2.